The van der Waals surface area contributed by atoms with Gasteiger partial charge in [-0.2, -0.15) is 0 Å². The summed E-state index contributed by atoms with van der Waals surface area (Å²) in [6, 6.07) is 7.67. The summed E-state index contributed by atoms with van der Waals surface area (Å²) in [7, 11) is 0. The number of carbonyl (C=O) groups is 1. The van der Waals surface area contributed by atoms with Crippen molar-refractivity contribution in [1.82, 2.24) is 5.32 Å². The minimum absolute atomic E-state index is 0.0288. The first-order valence-corrected chi connectivity index (χ1v) is 6.69. The van der Waals surface area contributed by atoms with E-state index in [2.05, 4.69) is 38.2 Å². The highest BCUT2D eigenvalue weighted by atomic mass is 16.1. The van der Waals surface area contributed by atoms with E-state index in [1.165, 1.54) is 0 Å². The molecule has 2 nitrogen and oxygen atoms in total. The second kappa shape index (κ2) is 5.60. The number of rotatable bonds is 2. The van der Waals surface area contributed by atoms with E-state index in [9.17, 15) is 4.79 Å². The van der Waals surface area contributed by atoms with Crippen LogP contribution in [0, 0.1) is 5.41 Å². The molecule has 0 saturated heterocycles. The normalized spacial score (nSPS) is 12.7. The van der Waals surface area contributed by atoms with Crippen LogP contribution in [0.1, 0.15) is 57.5 Å². The predicted molar refractivity (Wildman–Crippen MR) is 82.2 cm³/mol. The van der Waals surface area contributed by atoms with Crippen LogP contribution in [0.4, 0.5) is 0 Å². The molecular formula is C17H25NO. The summed E-state index contributed by atoms with van der Waals surface area (Å²) in [4.78, 5) is 12.0. The number of hydrogen-bond acceptors (Lipinski definition) is 1. The van der Waals surface area contributed by atoms with Gasteiger partial charge < -0.3 is 5.32 Å². The fourth-order valence-corrected chi connectivity index (χ4v) is 1.50. The fourth-order valence-electron chi connectivity index (χ4n) is 1.50. The smallest absolute Gasteiger partial charge is 0.251 e. The Morgan fingerprint density at radius 3 is 1.95 bits per heavy atom. The van der Waals surface area contributed by atoms with E-state index >= 15 is 0 Å². The van der Waals surface area contributed by atoms with Crippen molar-refractivity contribution >= 4 is 12.0 Å². The van der Waals surface area contributed by atoms with Gasteiger partial charge in [-0.05, 0) is 43.9 Å². The minimum Gasteiger partial charge on any atom is -0.347 e. The van der Waals surface area contributed by atoms with E-state index in [1.807, 2.05) is 45.0 Å². The van der Waals surface area contributed by atoms with Crippen molar-refractivity contribution in [2.45, 2.75) is 47.1 Å². The summed E-state index contributed by atoms with van der Waals surface area (Å²) >= 11 is 0. The standard InChI is InChI=1S/C17H25NO/c1-16(2,3)12-11-13-7-9-14(10-8-13)15(19)18-17(4,5)6/h7-12H,1-6H3,(H,18,19)/b12-11+. The lowest BCUT2D eigenvalue weighted by molar-refractivity contribution is 0.0919. The third-order valence-electron chi connectivity index (χ3n) is 2.44. The number of nitrogens with one attached hydrogen (secondary N) is 1. The van der Waals surface area contributed by atoms with Crippen molar-refractivity contribution in [2.75, 3.05) is 0 Å². The molecule has 0 radical (unpaired) electrons. The number of allylic oxidation sites excluding steroid dienone is 1. The zero-order chi connectivity index (χ0) is 14.7. The molecule has 0 spiro atoms. The Morgan fingerprint density at radius 2 is 1.53 bits per heavy atom. The summed E-state index contributed by atoms with van der Waals surface area (Å²) in [6.45, 7) is 12.4. The SMILES string of the molecule is CC(C)(C)/C=C/c1ccc(C(=O)NC(C)(C)C)cc1. The Bertz CT molecular complexity index is 456. The van der Waals surface area contributed by atoms with Gasteiger partial charge in [0.05, 0.1) is 0 Å². The average molecular weight is 259 g/mol. The molecule has 0 aromatic heterocycles. The van der Waals surface area contributed by atoms with Gasteiger partial charge in [0.15, 0.2) is 0 Å². The van der Waals surface area contributed by atoms with Gasteiger partial charge in [-0.15, -0.1) is 0 Å². The van der Waals surface area contributed by atoms with Crippen LogP contribution < -0.4 is 5.32 Å². The molecule has 0 unspecified atom stereocenters. The molecule has 104 valence electrons. The van der Waals surface area contributed by atoms with Crippen LogP contribution in [-0.2, 0) is 0 Å². The van der Waals surface area contributed by atoms with Crippen LogP contribution in [0.5, 0.6) is 0 Å². The Labute approximate surface area is 116 Å². The summed E-state index contributed by atoms with van der Waals surface area (Å²) in [5, 5.41) is 2.95. The van der Waals surface area contributed by atoms with Gasteiger partial charge in [0.1, 0.15) is 0 Å². The molecule has 0 heterocycles. The summed E-state index contributed by atoms with van der Waals surface area (Å²) in [6.07, 6.45) is 4.25. The second-order valence-electron chi connectivity index (χ2n) is 7.03. The number of hydrogen-bond donors (Lipinski definition) is 1. The van der Waals surface area contributed by atoms with Gasteiger partial charge in [0.2, 0.25) is 0 Å². The van der Waals surface area contributed by atoms with Gasteiger partial charge in [0.25, 0.3) is 5.91 Å². The van der Waals surface area contributed by atoms with Crippen LogP contribution in [0.3, 0.4) is 0 Å². The molecule has 1 aromatic carbocycles. The fraction of sp³-hybridized carbons (Fsp3) is 0.471. The molecule has 1 N–H and O–H groups in total. The molecule has 1 aromatic rings. The largest absolute Gasteiger partial charge is 0.347 e. The predicted octanol–water partition coefficient (Wildman–Crippen LogP) is 4.27. The van der Waals surface area contributed by atoms with Crippen molar-refractivity contribution in [1.29, 1.82) is 0 Å². The molecule has 1 rings (SSSR count). The van der Waals surface area contributed by atoms with E-state index in [4.69, 9.17) is 0 Å². The van der Waals surface area contributed by atoms with Crippen molar-refractivity contribution < 1.29 is 4.79 Å². The maximum atomic E-state index is 12.0. The molecule has 0 aliphatic heterocycles. The van der Waals surface area contributed by atoms with Crippen LogP contribution in [0.2, 0.25) is 0 Å². The summed E-state index contributed by atoms with van der Waals surface area (Å²) in [5.74, 6) is -0.0288. The molecule has 0 fully saturated rings. The molecule has 2 heteroatoms. The lowest BCUT2D eigenvalue weighted by Crippen LogP contribution is -2.40. The van der Waals surface area contributed by atoms with Crippen molar-refractivity contribution in [2.24, 2.45) is 5.41 Å². The van der Waals surface area contributed by atoms with Crippen LogP contribution in [-0.4, -0.2) is 11.4 Å². The van der Waals surface area contributed by atoms with E-state index in [0.717, 1.165) is 5.56 Å². The maximum Gasteiger partial charge on any atom is 0.251 e. The maximum absolute atomic E-state index is 12.0. The van der Waals surface area contributed by atoms with Gasteiger partial charge >= 0.3 is 0 Å². The first kappa shape index (κ1) is 15.5. The lowest BCUT2D eigenvalue weighted by atomic mass is 9.95. The highest BCUT2D eigenvalue weighted by molar-refractivity contribution is 5.94. The quantitative estimate of drug-likeness (QED) is 0.844. The lowest BCUT2D eigenvalue weighted by Gasteiger charge is -2.20. The summed E-state index contributed by atoms with van der Waals surface area (Å²) in [5.41, 5.74) is 1.77. The van der Waals surface area contributed by atoms with Crippen molar-refractivity contribution in [3.05, 3.63) is 41.5 Å². The van der Waals surface area contributed by atoms with E-state index in [0.29, 0.717) is 5.56 Å². The van der Waals surface area contributed by atoms with Crippen LogP contribution in [0.25, 0.3) is 6.08 Å². The Balaban J connectivity index is 2.77. The first-order chi connectivity index (χ1) is 8.57. The second-order valence-corrected chi connectivity index (χ2v) is 7.03. The monoisotopic (exact) mass is 259 g/mol. The number of carbonyl (C=O) groups excluding carboxylic acids is 1. The Kier molecular flexibility index (Phi) is 4.56. The van der Waals surface area contributed by atoms with Crippen molar-refractivity contribution in [3.63, 3.8) is 0 Å². The molecule has 0 aliphatic carbocycles. The van der Waals surface area contributed by atoms with Gasteiger partial charge in [-0.3, -0.25) is 4.79 Å². The highest BCUT2D eigenvalue weighted by Gasteiger charge is 2.14. The van der Waals surface area contributed by atoms with E-state index < -0.39 is 0 Å². The third-order valence-corrected chi connectivity index (χ3v) is 2.44. The summed E-state index contributed by atoms with van der Waals surface area (Å²) < 4.78 is 0. The molecule has 0 aliphatic rings. The topological polar surface area (TPSA) is 29.1 Å². The first-order valence-electron chi connectivity index (χ1n) is 6.69. The van der Waals surface area contributed by atoms with Crippen LogP contribution >= 0.6 is 0 Å². The Morgan fingerprint density at radius 1 is 1.00 bits per heavy atom. The molecule has 0 saturated carbocycles. The van der Waals surface area contributed by atoms with E-state index in [-0.39, 0.29) is 16.9 Å². The number of benzene rings is 1. The molecule has 1 amide bonds. The van der Waals surface area contributed by atoms with Crippen molar-refractivity contribution in [3.8, 4) is 0 Å². The van der Waals surface area contributed by atoms with E-state index in [1.54, 1.807) is 0 Å². The zero-order valence-electron chi connectivity index (χ0n) is 12.9. The highest BCUT2D eigenvalue weighted by Crippen LogP contribution is 2.17. The van der Waals surface area contributed by atoms with Gasteiger partial charge in [-0.1, -0.05) is 45.1 Å². The molecule has 19 heavy (non-hydrogen) atoms. The minimum atomic E-state index is -0.206. The van der Waals surface area contributed by atoms with Gasteiger partial charge in [-0.25, -0.2) is 0 Å². The molecule has 0 bridgehead atoms. The Hall–Kier alpha value is -1.57. The zero-order valence-corrected chi connectivity index (χ0v) is 12.9. The average Bonchev–Trinajstić information content (AvgIpc) is 2.23. The molecular weight excluding hydrogens is 234 g/mol. The third kappa shape index (κ3) is 6.23. The molecule has 0 atom stereocenters. The van der Waals surface area contributed by atoms with Crippen LogP contribution in [0.15, 0.2) is 30.3 Å². The van der Waals surface area contributed by atoms with Gasteiger partial charge in [0, 0.05) is 11.1 Å². The number of amides is 1.